The molecule has 3 aliphatic heterocycles. The Labute approximate surface area is 228 Å². The number of amides is 1. The SMILES string of the molecule is Cc1cc(N2CCN2CCO)ccc1CC[S+]([O-])N1CCC2(CC1)N=C(c1cccc(C(F)(F)F)c1)NC2=O. The molecular formula is C27H32F3N5O3S. The van der Waals surface area contributed by atoms with Crippen molar-refractivity contribution in [2.24, 2.45) is 4.99 Å². The lowest BCUT2D eigenvalue weighted by Gasteiger charge is -2.45. The van der Waals surface area contributed by atoms with Crippen LogP contribution < -0.4 is 10.3 Å². The molecule has 3 heterocycles. The molecule has 5 rings (SSSR count). The molecule has 8 nitrogen and oxygen atoms in total. The number of nitrogens with zero attached hydrogens (tertiary/aromatic N) is 4. The number of piperidine rings is 1. The van der Waals surface area contributed by atoms with Crippen molar-refractivity contribution < 1.29 is 27.6 Å². The maximum absolute atomic E-state index is 13.1. The van der Waals surface area contributed by atoms with Gasteiger partial charge in [0.25, 0.3) is 5.91 Å². The summed E-state index contributed by atoms with van der Waals surface area (Å²) in [6.45, 7) is 5.43. The molecule has 1 unspecified atom stereocenters. The lowest BCUT2D eigenvalue weighted by molar-refractivity contribution is -0.137. The fourth-order valence-electron chi connectivity index (χ4n) is 5.32. The van der Waals surface area contributed by atoms with Gasteiger partial charge in [-0.3, -0.25) is 9.79 Å². The Bertz CT molecular complexity index is 1250. The van der Waals surface area contributed by atoms with E-state index < -0.39 is 28.6 Å². The number of aliphatic imine (C=N–C) groups is 1. The number of benzene rings is 2. The number of hydrogen-bond donors (Lipinski definition) is 2. The predicted molar refractivity (Wildman–Crippen MR) is 144 cm³/mol. The van der Waals surface area contributed by atoms with Crippen molar-refractivity contribution in [1.82, 2.24) is 14.6 Å². The highest BCUT2D eigenvalue weighted by molar-refractivity contribution is 7.89. The first-order valence-corrected chi connectivity index (χ1v) is 14.3. The topological polar surface area (TPSA) is 94.5 Å². The summed E-state index contributed by atoms with van der Waals surface area (Å²) in [6, 6.07) is 11.0. The molecule has 0 aromatic heterocycles. The van der Waals surface area contributed by atoms with Crippen LogP contribution in [0.15, 0.2) is 47.5 Å². The van der Waals surface area contributed by atoms with E-state index in [1.807, 2.05) is 11.2 Å². The van der Waals surface area contributed by atoms with Gasteiger partial charge in [0.15, 0.2) is 0 Å². The molecule has 2 aromatic rings. The number of β-amino-alcohol motifs (C(OH)–C–C–N with tert-alkyl or cyclic N) is 1. The summed E-state index contributed by atoms with van der Waals surface area (Å²) < 4.78 is 54.3. The van der Waals surface area contributed by atoms with Crippen molar-refractivity contribution >= 4 is 28.8 Å². The van der Waals surface area contributed by atoms with Crippen LogP contribution in [0.3, 0.4) is 0 Å². The minimum atomic E-state index is -4.48. The smallest absolute Gasteiger partial charge is 0.416 e. The number of alkyl halides is 3. The maximum atomic E-state index is 13.1. The first kappa shape index (κ1) is 27.9. The van der Waals surface area contributed by atoms with Gasteiger partial charge in [0.1, 0.15) is 17.1 Å². The highest BCUT2D eigenvalue weighted by Gasteiger charge is 2.48. The largest absolute Gasteiger partial charge is 0.598 e. The molecule has 39 heavy (non-hydrogen) atoms. The van der Waals surface area contributed by atoms with Crippen molar-refractivity contribution in [1.29, 1.82) is 0 Å². The third-order valence-electron chi connectivity index (χ3n) is 7.72. The van der Waals surface area contributed by atoms with Crippen molar-refractivity contribution in [3.05, 3.63) is 64.7 Å². The molecule has 0 bridgehead atoms. The molecule has 0 aliphatic carbocycles. The zero-order valence-electron chi connectivity index (χ0n) is 21.7. The Morgan fingerprint density at radius 3 is 2.54 bits per heavy atom. The van der Waals surface area contributed by atoms with Gasteiger partial charge in [-0.05, 0) is 55.2 Å². The summed E-state index contributed by atoms with van der Waals surface area (Å²) in [5.41, 5.74) is 1.71. The summed E-state index contributed by atoms with van der Waals surface area (Å²) in [7, 11) is 0. The van der Waals surface area contributed by atoms with Gasteiger partial charge in [-0.25, -0.2) is 5.01 Å². The maximum Gasteiger partial charge on any atom is 0.416 e. The van der Waals surface area contributed by atoms with Gasteiger partial charge in [-0.2, -0.15) is 13.2 Å². The average molecular weight is 564 g/mol. The number of anilines is 1. The normalized spacial score (nSPS) is 20.6. The van der Waals surface area contributed by atoms with Crippen LogP contribution in [0.5, 0.6) is 0 Å². The van der Waals surface area contributed by atoms with Crippen LogP contribution in [-0.2, 0) is 28.8 Å². The fraction of sp³-hybridized carbons (Fsp3) is 0.481. The van der Waals surface area contributed by atoms with Gasteiger partial charge in [-0.15, -0.1) is 4.31 Å². The molecule has 0 saturated carbocycles. The van der Waals surface area contributed by atoms with E-state index in [1.165, 1.54) is 12.1 Å². The standard InChI is InChI=1S/C27H32F3N5O3S/c1-19-17-23(35-13-12-33(35)14-15-36)6-5-20(19)7-16-39(38)34-10-8-26(9-11-34)25(37)31-24(32-26)21-3-2-4-22(18-21)27(28,29)30/h2-6,17-18,36H,7-16H2,1H3,(H,31,32,37). The van der Waals surface area contributed by atoms with Gasteiger partial charge in [0, 0.05) is 56.1 Å². The molecule has 2 N–H and O–H groups in total. The van der Waals surface area contributed by atoms with Gasteiger partial charge in [-0.1, -0.05) is 18.2 Å². The molecule has 1 spiro atoms. The van der Waals surface area contributed by atoms with Crippen LogP contribution in [0.2, 0.25) is 0 Å². The number of carbonyl (C=O) groups excluding carboxylic acids is 1. The average Bonchev–Trinajstić information content (AvgIpc) is 3.21. The number of aliphatic hydroxyl groups is 1. The molecule has 12 heteroatoms. The van der Waals surface area contributed by atoms with Crippen LogP contribution in [0, 0.1) is 6.92 Å². The van der Waals surface area contributed by atoms with Crippen molar-refractivity contribution in [2.75, 3.05) is 50.1 Å². The van der Waals surface area contributed by atoms with E-state index in [9.17, 15) is 27.6 Å². The zero-order valence-corrected chi connectivity index (χ0v) is 22.5. The zero-order chi connectivity index (χ0) is 27.8. The highest BCUT2D eigenvalue weighted by atomic mass is 32.2. The second-order valence-electron chi connectivity index (χ2n) is 10.1. The third kappa shape index (κ3) is 5.80. The summed E-state index contributed by atoms with van der Waals surface area (Å²) in [5.74, 6) is 0.284. The summed E-state index contributed by atoms with van der Waals surface area (Å²) in [4.78, 5) is 17.4. The Morgan fingerprint density at radius 2 is 1.90 bits per heavy atom. The molecular weight excluding hydrogens is 531 g/mol. The lowest BCUT2D eigenvalue weighted by Crippen LogP contribution is -2.58. The summed E-state index contributed by atoms with van der Waals surface area (Å²) in [6.07, 6.45) is -3.14. The first-order valence-electron chi connectivity index (χ1n) is 13.0. The quantitative estimate of drug-likeness (QED) is 0.480. The number of aliphatic hydroxyl groups excluding tert-OH is 1. The van der Waals surface area contributed by atoms with E-state index in [4.69, 9.17) is 0 Å². The van der Waals surface area contributed by atoms with E-state index in [0.717, 1.165) is 42.0 Å². The van der Waals surface area contributed by atoms with Gasteiger partial charge in [0.2, 0.25) is 0 Å². The number of amidine groups is 1. The Morgan fingerprint density at radius 1 is 1.13 bits per heavy atom. The number of rotatable bonds is 8. The van der Waals surface area contributed by atoms with E-state index >= 15 is 0 Å². The Kier molecular flexibility index (Phi) is 7.93. The number of carbonyl (C=O) groups is 1. The fourth-order valence-corrected chi connectivity index (χ4v) is 6.57. The number of hydrogen-bond acceptors (Lipinski definition) is 7. The molecule has 1 amide bonds. The van der Waals surface area contributed by atoms with Gasteiger partial charge in [0.05, 0.1) is 17.9 Å². The predicted octanol–water partition coefficient (Wildman–Crippen LogP) is 2.66. The van der Waals surface area contributed by atoms with Crippen molar-refractivity contribution in [3.8, 4) is 0 Å². The van der Waals surface area contributed by atoms with E-state index in [1.54, 1.807) is 0 Å². The molecule has 2 aromatic carbocycles. The Hall–Kier alpha value is -2.64. The van der Waals surface area contributed by atoms with Gasteiger partial charge >= 0.3 is 6.18 Å². The summed E-state index contributed by atoms with van der Waals surface area (Å²) in [5, 5.41) is 16.1. The van der Waals surface area contributed by atoms with Crippen LogP contribution in [0.4, 0.5) is 18.9 Å². The van der Waals surface area contributed by atoms with Crippen LogP contribution in [0.25, 0.3) is 0 Å². The molecule has 2 fully saturated rings. The number of aryl methyl sites for hydroxylation is 2. The third-order valence-corrected chi connectivity index (χ3v) is 9.22. The number of nitrogens with one attached hydrogen (secondary N) is 1. The van der Waals surface area contributed by atoms with E-state index in [0.29, 0.717) is 44.6 Å². The minimum Gasteiger partial charge on any atom is -0.598 e. The highest BCUT2D eigenvalue weighted by Crippen LogP contribution is 2.34. The van der Waals surface area contributed by atoms with E-state index in [-0.39, 0.29) is 23.9 Å². The molecule has 1 atom stereocenters. The second-order valence-corrected chi connectivity index (χ2v) is 11.7. The van der Waals surface area contributed by atoms with Gasteiger partial charge < -0.3 is 20.0 Å². The molecule has 3 aliphatic rings. The summed E-state index contributed by atoms with van der Waals surface area (Å²) >= 11 is -1.23. The van der Waals surface area contributed by atoms with Crippen LogP contribution >= 0.6 is 0 Å². The van der Waals surface area contributed by atoms with Crippen molar-refractivity contribution in [3.63, 3.8) is 0 Å². The molecule has 210 valence electrons. The second kappa shape index (κ2) is 11.1. The monoisotopic (exact) mass is 563 g/mol. The van der Waals surface area contributed by atoms with Crippen molar-refractivity contribution in [2.45, 2.75) is 37.9 Å². The van der Waals surface area contributed by atoms with Crippen LogP contribution in [-0.4, -0.2) is 81.3 Å². The molecule has 2 saturated heterocycles. The number of halogens is 3. The number of hydrazine groups is 1. The minimum absolute atomic E-state index is 0.116. The first-order chi connectivity index (χ1) is 18.6. The van der Waals surface area contributed by atoms with Crippen LogP contribution in [0.1, 0.15) is 35.1 Å². The lowest BCUT2D eigenvalue weighted by atomic mass is 9.89. The Balaban J connectivity index is 1.17. The van der Waals surface area contributed by atoms with E-state index in [2.05, 4.69) is 38.5 Å². The molecule has 0 radical (unpaired) electrons.